The van der Waals surface area contributed by atoms with Crippen LogP contribution in [-0.2, 0) is 0 Å². The molecule has 1 unspecified atom stereocenters. The molecular weight excluding hydrogens is 268 g/mol. The lowest BCUT2D eigenvalue weighted by Crippen LogP contribution is -2.29. The van der Waals surface area contributed by atoms with E-state index in [4.69, 9.17) is 0 Å². The molecule has 7 heteroatoms. The van der Waals surface area contributed by atoms with Crippen LogP contribution in [0, 0.1) is 5.92 Å². The molecule has 0 aliphatic carbocycles. The van der Waals surface area contributed by atoms with Crippen molar-refractivity contribution in [1.29, 1.82) is 0 Å². The monoisotopic (exact) mass is 288 g/mol. The zero-order valence-corrected chi connectivity index (χ0v) is 12.7. The lowest BCUT2D eigenvalue weighted by atomic mass is 10.2. The van der Waals surface area contributed by atoms with Gasteiger partial charge in [0.05, 0.1) is 0 Å². The standard InChI is InChI=1S/C11H20N4OS2/c1-4-5-12-11-15-14-10(18-11)9(16)13-6-8(2)7-17-3/h8H,4-7H2,1-3H3,(H,12,15)(H,13,16). The molecule has 1 aromatic heterocycles. The first kappa shape index (κ1) is 15.2. The van der Waals surface area contributed by atoms with E-state index in [1.165, 1.54) is 11.3 Å². The molecule has 0 saturated heterocycles. The minimum absolute atomic E-state index is 0.134. The number of amides is 1. The van der Waals surface area contributed by atoms with E-state index in [-0.39, 0.29) is 5.91 Å². The number of rotatable bonds is 8. The van der Waals surface area contributed by atoms with Gasteiger partial charge in [-0.1, -0.05) is 25.2 Å². The van der Waals surface area contributed by atoms with Crippen LogP contribution >= 0.6 is 23.1 Å². The van der Waals surface area contributed by atoms with E-state index < -0.39 is 0 Å². The Labute approximate surface area is 116 Å². The first-order valence-corrected chi connectivity index (χ1v) is 8.22. The van der Waals surface area contributed by atoms with E-state index in [0.717, 1.165) is 18.7 Å². The highest BCUT2D eigenvalue weighted by Gasteiger charge is 2.13. The minimum Gasteiger partial charge on any atom is -0.360 e. The smallest absolute Gasteiger partial charge is 0.282 e. The lowest BCUT2D eigenvalue weighted by Gasteiger charge is -2.09. The molecule has 0 aliphatic heterocycles. The maximum Gasteiger partial charge on any atom is 0.282 e. The molecule has 0 bridgehead atoms. The van der Waals surface area contributed by atoms with E-state index >= 15 is 0 Å². The van der Waals surface area contributed by atoms with Gasteiger partial charge in [0.1, 0.15) is 0 Å². The Morgan fingerprint density at radius 3 is 2.94 bits per heavy atom. The maximum absolute atomic E-state index is 11.8. The molecule has 0 aromatic carbocycles. The molecular formula is C11H20N4OS2. The van der Waals surface area contributed by atoms with Crippen molar-refractivity contribution in [3.8, 4) is 0 Å². The normalized spacial score (nSPS) is 12.2. The zero-order valence-electron chi connectivity index (χ0n) is 11.0. The second kappa shape index (κ2) is 8.31. The Hall–Kier alpha value is -0.820. The molecule has 0 radical (unpaired) electrons. The van der Waals surface area contributed by atoms with Gasteiger partial charge in [-0.15, -0.1) is 10.2 Å². The molecule has 0 saturated carbocycles. The van der Waals surface area contributed by atoms with Crippen LogP contribution in [0.5, 0.6) is 0 Å². The van der Waals surface area contributed by atoms with Crippen LogP contribution in [0.4, 0.5) is 5.13 Å². The molecule has 0 aliphatic rings. The van der Waals surface area contributed by atoms with Gasteiger partial charge >= 0.3 is 0 Å². The van der Waals surface area contributed by atoms with Gasteiger partial charge in [0.2, 0.25) is 10.1 Å². The molecule has 1 atom stereocenters. The van der Waals surface area contributed by atoms with Gasteiger partial charge in [-0.05, 0) is 24.3 Å². The molecule has 1 aromatic rings. The fraction of sp³-hybridized carbons (Fsp3) is 0.727. The number of hydrogen-bond acceptors (Lipinski definition) is 6. The number of carbonyl (C=O) groups is 1. The summed E-state index contributed by atoms with van der Waals surface area (Å²) in [4.78, 5) is 11.8. The van der Waals surface area contributed by atoms with Gasteiger partial charge < -0.3 is 10.6 Å². The number of aromatic nitrogens is 2. The summed E-state index contributed by atoms with van der Waals surface area (Å²) in [6, 6.07) is 0. The second-order valence-electron chi connectivity index (χ2n) is 4.11. The highest BCUT2D eigenvalue weighted by molar-refractivity contribution is 7.98. The Balaban J connectivity index is 2.39. The maximum atomic E-state index is 11.8. The molecule has 0 fully saturated rings. The van der Waals surface area contributed by atoms with E-state index in [1.807, 2.05) is 0 Å². The first-order chi connectivity index (χ1) is 8.67. The average Bonchev–Trinajstić information content (AvgIpc) is 2.82. The van der Waals surface area contributed by atoms with Crippen molar-refractivity contribution < 1.29 is 4.79 Å². The van der Waals surface area contributed by atoms with Gasteiger partial charge in [0.15, 0.2) is 0 Å². The topological polar surface area (TPSA) is 66.9 Å². The van der Waals surface area contributed by atoms with Crippen LogP contribution in [0.1, 0.15) is 30.1 Å². The van der Waals surface area contributed by atoms with Crippen LogP contribution in [0.15, 0.2) is 0 Å². The molecule has 1 rings (SSSR count). The quantitative estimate of drug-likeness (QED) is 0.766. The summed E-state index contributed by atoms with van der Waals surface area (Å²) in [6.07, 6.45) is 3.09. The van der Waals surface area contributed by atoms with Crippen molar-refractivity contribution in [2.75, 3.05) is 30.4 Å². The SMILES string of the molecule is CCCNc1nnc(C(=O)NCC(C)CSC)s1. The molecule has 1 heterocycles. The number of nitrogens with one attached hydrogen (secondary N) is 2. The van der Waals surface area contributed by atoms with Gasteiger partial charge in [-0.3, -0.25) is 4.79 Å². The summed E-state index contributed by atoms with van der Waals surface area (Å²) in [5, 5.41) is 14.9. The Morgan fingerprint density at radius 1 is 1.50 bits per heavy atom. The van der Waals surface area contributed by atoms with E-state index in [9.17, 15) is 4.79 Å². The van der Waals surface area contributed by atoms with Crippen molar-refractivity contribution in [2.24, 2.45) is 5.92 Å². The van der Waals surface area contributed by atoms with Crippen LogP contribution in [0.2, 0.25) is 0 Å². The van der Waals surface area contributed by atoms with Crippen molar-refractivity contribution in [1.82, 2.24) is 15.5 Å². The predicted octanol–water partition coefficient (Wildman–Crippen LogP) is 2.09. The third-order valence-corrected chi connectivity index (χ3v) is 3.99. The number of hydrogen-bond donors (Lipinski definition) is 2. The number of nitrogens with zero attached hydrogens (tertiary/aromatic N) is 2. The summed E-state index contributed by atoms with van der Waals surface area (Å²) in [5.41, 5.74) is 0. The molecule has 0 spiro atoms. The minimum atomic E-state index is -0.134. The number of thioether (sulfide) groups is 1. The molecule has 18 heavy (non-hydrogen) atoms. The third-order valence-electron chi connectivity index (χ3n) is 2.21. The second-order valence-corrected chi connectivity index (χ2v) is 6.00. The van der Waals surface area contributed by atoms with Gasteiger partial charge in [-0.2, -0.15) is 11.8 Å². The fourth-order valence-electron chi connectivity index (χ4n) is 1.30. The Bertz CT molecular complexity index is 370. The molecule has 2 N–H and O–H groups in total. The number of anilines is 1. The van der Waals surface area contributed by atoms with Gasteiger partial charge in [0, 0.05) is 13.1 Å². The van der Waals surface area contributed by atoms with Crippen molar-refractivity contribution in [2.45, 2.75) is 20.3 Å². The van der Waals surface area contributed by atoms with Crippen LogP contribution in [0.3, 0.4) is 0 Å². The lowest BCUT2D eigenvalue weighted by molar-refractivity contribution is 0.0948. The van der Waals surface area contributed by atoms with Crippen LogP contribution in [0.25, 0.3) is 0 Å². The molecule has 1 amide bonds. The van der Waals surface area contributed by atoms with E-state index in [1.54, 1.807) is 11.8 Å². The fourth-order valence-corrected chi connectivity index (χ4v) is 2.68. The van der Waals surface area contributed by atoms with Gasteiger partial charge in [0.25, 0.3) is 5.91 Å². The first-order valence-electron chi connectivity index (χ1n) is 6.01. The number of carbonyl (C=O) groups excluding carboxylic acids is 1. The van der Waals surface area contributed by atoms with Crippen molar-refractivity contribution in [3.63, 3.8) is 0 Å². The summed E-state index contributed by atoms with van der Waals surface area (Å²) < 4.78 is 0. The largest absolute Gasteiger partial charge is 0.360 e. The summed E-state index contributed by atoms with van der Waals surface area (Å²) in [7, 11) is 0. The van der Waals surface area contributed by atoms with E-state index in [2.05, 4.69) is 40.9 Å². The highest BCUT2D eigenvalue weighted by atomic mass is 32.2. The molecule has 5 nitrogen and oxygen atoms in total. The van der Waals surface area contributed by atoms with Crippen molar-refractivity contribution in [3.05, 3.63) is 5.01 Å². The summed E-state index contributed by atoms with van der Waals surface area (Å²) in [6.45, 7) is 5.72. The van der Waals surface area contributed by atoms with Crippen LogP contribution in [-0.4, -0.2) is 41.2 Å². The Morgan fingerprint density at radius 2 is 2.28 bits per heavy atom. The zero-order chi connectivity index (χ0) is 13.4. The Kier molecular flexibility index (Phi) is 7.04. The van der Waals surface area contributed by atoms with Crippen molar-refractivity contribution >= 4 is 34.1 Å². The van der Waals surface area contributed by atoms with E-state index in [0.29, 0.717) is 22.6 Å². The predicted molar refractivity (Wildman–Crippen MR) is 78.6 cm³/mol. The highest BCUT2D eigenvalue weighted by Crippen LogP contribution is 2.15. The third kappa shape index (κ3) is 5.22. The molecule has 102 valence electrons. The average molecular weight is 288 g/mol. The van der Waals surface area contributed by atoms with Gasteiger partial charge in [-0.25, -0.2) is 0 Å². The summed E-state index contributed by atoms with van der Waals surface area (Å²) in [5.74, 6) is 1.37. The van der Waals surface area contributed by atoms with Crippen LogP contribution < -0.4 is 10.6 Å². The summed E-state index contributed by atoms with van der Waals surface area (Å²) >= 11 is 3.08.